The zero-order chi connectivity index (χ0) is 23.4. The Morgan fingerprint density at radius 2 is 1.94 bits per heavy atom. The Hall–Kier alpha value is -3.84. The fraction of sp³-hybridized carbons (Fsp3) is 0.105. The molecule has 1 heterocycles. The molecule has 0 aromatic heterocycles. The van der Waals surface area contributed by atoms with Gasteiger partial charge in [-0.2, -0.15) is 0 Å². The van der Waals surface area contributed by atoms with Crippen LogP contribution >= 0.6 is 24.0 Å². The number of nitro benzene ring substituents is 2. The highest BCUT2D eigenvalue weighted by atomic mass is 32.2. The topological polar surface area (TPSA) is 153 Å². The molecule has 1 amide bonds. The number of aliphatic carboxylic acids is 1. The van der Waals surface area contributed by atoms with Crippen LogP contribution in [0.2, 0.25) is 0 Å². The Morgan fingerprint density at radius 3 is 2.59 bits per heavy atom. The van der Waals surface area contributed by atoms with Gasteiger partial charge in [-0.3, -0.25) is 34.7 Å². The van der Waals surface area contributed by atoms with E-state index >= 15 is 0 Å². The monoisotopic (exact) mass is 475 g/mol. The van der Waals surface area contributed by atoms with Crippen LogP contribution in [0.4, 0.5) is 11.4 Å². The average molecular weight is 475 g/mol. The molecule has 13 heteroatoms. The number of thiocarbonyl (C=S) groups is 1. The SMILES string of the molecule is O=C(O)CCN1C(=O)/C(=C\c2cccc(Oc3ccc([N+](=O)[O-])cc3[N+](=O)[O-])c2)SC1=S. The maximum Gasteiger partial charge on any atom is 0.318 e. The molecule has 1 fully saturated rings. The second-order valence-corrected chi connectivity index (χ2v) is 7.99. The Kier molecular flexibility index (Phi) is 6.80. The van der Waals surface area contributed by atoms with Gasteiger partial charge in [0.15, 0.2) is 0 Å². The Labute approximate surface area is 189 Å². The number of rotatable bonds is 8. The molecule has 0 unspecified atom stereocenters. The molecule has 1 aliphatic heterocycles. The summed E-state index contributed by atoms with van der Waals surface area (Å²) in [7, 11) is 0. The number of carbonyl (C=O) groups is 2. The molecule has 0 saturated carbocycles. The fourth-order valence-electron chi connectivity index (χ4n) is 2.69. The summed E-state index contributed by atoms with van der Waals surface area (Å²) in [5.74, 6) is -1.44. The molecule has 164 valence electrons. The molecular formula is C19H13N3O8S2. The van der Waals surface area contributed by atoms with Crippen molar-refractivity contribution in [1.29, 1.82) is 0 Å². The standard InChI is InChI=1S/C19H13N3O8S2/c23-17(24)6-7-20-18(25)16(32-19(20)31)9-11-2-1-3-13(8-11)30-15-5-4-12(21(26)27)10-14(15)22(28)29/h1-5,8-10H,6-7H2,(H,23,24)/b16-9+. The van der Waals surface area contributed by atoms with Crippen LogP contribution in [0.1, 0.15) is 12.0 Å². The number of ether oxygens (including phenoxy) is 1. The molecule has 32 heavy (non-hydrogen) atoms. The number of non-ortho nitro benzene ring substituents is 1. The molecule has 0 radical (unpaired) electrons. The van der Waals surface area contributed by atoms with Crippen LogP contribution in [0.15, 0.2) is 47.4 Å². The van der Waals surface area contributed by atoms with Crippen molar-refractivity contribution in [3.63, 3.8) is 0 Å². The van der Waals surface area contributed by atoms with Crippen molar-refractivity contribution < 1.29 is 29.3 Å². The van der Waals surface area contributed by atoms with Crippen molar-refractivity contribution in [2.24, 2.45) is 0 Å². The fourth-order valence-corrected chi connectivity index (χ4v) is 4.00. The second kappa shape index (κ2) is 9.53. The summed E-state index contributed by atoms with van der Waals surface area (Å²) < 4.78 is 5.80. The Morgan fingerprint density at radius 1 is 1.19 bits per heavy atom. The molecule has 2 aromatic carbocycles. The van der Waals surface area contributed by atoms with Crippen LogP contribution in [0.5, 0.6) is 11.5 Å². The predicted molar refractivity (Wildman–Crippen MR) is 118 cm³/mol. The highest BCUT2D eigenvalue weighted by Crippen LogP contribution is 2.36. The second-order valence-electron chi connectivity index (χ2n) is 6.32. The van der Waals surface area contributed by atoms with Crippen LogP contribution in [0.25, 0.3) is 6.08 Å². The number of hydrogen-bond donors (Lipinski definition) is 1. The van der Waals surface area contributed by atoms with E-state index in [9.17, 15) is 29.8 Å². The molecule has 2 aromatic rings. The molecule has 11 nitrogen and oxygen atoms in total. The van der Waals surface area contributed by atoms with E-state index in [4.69, 9.17) is 22.1 Å². The van der Waals surface area contributed by atoms with Crippen LogP contribution in [0, 0.1) is 20.2 Å². The summed E-state index contributed by atoms with van der Waals surface area (Å²) in [6.45, 7) is -0.0374. The van der Waals surface area contributed by atoms with E-state index in [-0.39, 0.29) is 28.8 Å². The molecule has 1 saturated heterocycles. The van der Waals surface area contributed by atoms with Crippen molar-refractivity contribution in [1.82, 2.24) is 4.90 Å². The van der Waals surface area contributed by atoms with Gasteiger partial charge in [0.2, 0.25) is 5.75 Å². The van der Waals surface area contributed by atoms with Gasteiger partial charge in [-0.1, -0.05) is 36.1 Å². The minimum atomic E-state index is -1.05. The van der Waals surface area contributed by atoms with E-state index in [0.29, 0.717) is 10.5 Å². The molecule has 0 spiro atoms. The third-order valence-corrected chi connectivity index (χ3v) is 5.53. The lowest BCUT2D eigenvalue weighted by atomic mass is 10.2. The zero-order valence-electron chi connectivity index (χ0n) is 16.0. The maximum absolute atomic E-state index is 12.5. The van der Waals surface area contributed by atoms with Crippen LogP contribution in [-0.4, -0.2) is 42.6 Å². The normalized spacial score (nSPS) is 14.6. The molecule has 1 aliphatic rings. The smallest absolute Gasteiger partial charge is 0.318 e. The maximum atomic E-state index is 12.5. The highest BCUT2D eigenvalue weighted by molar-refractivity contribution is 8.26. The largest absolute Gasteiger partial charge is 0.481 e. The van der Waals surface area contributed by atoms with Gasteiger partial charge in [0, 0.05) is 12.6 Å². The van der Waals surface area contributed by atoms with Crippen LogP contribution in [0.3, 0.4) is 0 Å². The number of carboxylic acid groups (broad SMARTS) is 1. The van der Waals surface area contributed by atoms with Gasteiger partial charge in [-0.25, -0.2) is 0 Å². The summed E-state index contributed by atoms with van der Waals surface area (Å²) in [5, 5.41) is 30.9. The van der Waals surface area contributed by atoms with Gasteiger partial charge >= 0.3 is 11.7 Å². The first-order valence-electron chi connectivity index (χ1n) is 8.83. The van der Waals surface area contributed by atoms with Crippen molar-refractivity contribution in [3.8, 4) is 11.5 Å². The molecule has 3 rings (SSSR count). The van der Waals surface area contributed by atoms with Gasteiger partial charge in [0.25, 0.3) is 11.6 Å². The molecular weight excluding hydrogens is 462 g/mol. The minimum Gasteiger partial charge on any atom is -0.481 e. The van der Waals surface area contributed by atoms with Gasteiger partial charge in [0.05, 0.1) is 27.2 Å². The lowest BCUT2D eigenvalue weighted by Crippen LogP contribution is -2.30. The predicted octanol–water partition coefficient (Wildman–Crippen LogP) is 3.97. The van der Waals surface area contributed by atoms with E-state index in [1.807, 2.05) is 0 Å². The third-order valence-electron chi connectivity index (χ3n) is 4.16. The summed E-state index contributed by atoms with van der Waals surface area (Å²) in [6, 6.07) is 9.35. The Bertz CT molecular complexity index is 1180. The number of thioether (sulfide) groups is 1. The van der Waals surface area contributed by atoms with E-state index in [1.165, 1.54) is 23.1 Å². The quantitative estimate of drug-likeness (QED) is 0.257. The average Bonchev–Trinajstić information content (AvgIpc) is 2.99. The third kappa shape index (κ3) is 5.25. The highest BCUT2D eigenvalue weighted by Gasteiger charge is 2.32. The summed E-state index contributed by atoms with van der Waals surface area (Å²) >= 11 is 6.17. The summed E-state index contributed by atoms with van der Waals surface area (Å²) in [5.41, 5.74) is -0.475. The van der Waals surface area contributed by atoms with E-state index in [2.05, 4.69) is 0 Å². The zero-order valence-corrected chi connectivity index (χ0v) is 17.6. The first-order chi connectivity index (χ1) is 15.2. The Balaban J connectivity index is 1.83. The van der Waals surface area contributed by atoms with E-state index < -0.39 is 33.1 Å². The van der Waals surface area contributed by atoms with Gasteiger partial charge in [-0.05, 0) is 29.8 Å². The van der Waals surface area contributed by atoms with E-state index in [0.717, 1.165) is 30.0 Å². The van der Waals surface area contributed by atoms with Crippen LogP contribution in [-0.2, 0) is 9.59 Å². The lowest BCUT2D eigenvalue weighted by molar-refractivity contribution is -0.394. The molecule has 0 bridgehead atoms. The number of hydrogen-bond acceptors (Lipinski definition) is 9. The molecule has 0 aliphatic carbocycles. The summed E-state index contributed by atoms with van der Waals surface area (Å²) in [6.07, 6.45) is 1.30. The van der Waals surface area contributed by atoms with Crippen molar-refractivity contribution >= 4 is 57.6 Å². The number of carboxylic acids is 1. The van der Waals surface area contributed by atoms with Crippen LogP contribution < -0.4 is 4.74 Å². The van der Waals surface area contributed by atoms with Gasteiger partial charge < -0.3 is 9.84 Å². The first kappa shape index (κ1) is 22.8. The number of nitrogens with zero attached hydrogens (tertiary/aromatic N) is 3. The van der Waals surface area contributed by atoms with Crippen molar-refractivity contribution in [3.05, 3.63) is 73.2 Å². The molecule has 0 atom stereocenters. The molecule has 1 N–H and O–H groups in total. The lowest BCUT2D eigenvalue weighted by Gasteiger charge is -2.12. The van der Waals surface area contributed by atoms with Gasteiger partial charge in [-0.15, -0.1) is 0 Å². The number of amides is 1. The van der Waals surface area contributed by atoms with Gasteiger partial charge in [0.1, 0.15) is 10.1 Å². The first-order valence-corrected chi connectivity index (χ1v) is 10.1. The van der Waals surface area contributed by atoms with Crippen molar-refractivity contribution in [2.45, 2.75) is 6.42 Å². The summed E-state index contributed by atoms with van der Waals surface area (Å²) in [4.78, 5) is 45.4. The van der Waals surface area contributed by atoms with E-state index in [1.54, 1.807) is 12.1 Å². The number of carbonyl (C=O) groups excluding carboxylic acids is 1. The number of benzene rings is 2. The van der Waals surface area contributed by atoms with Crippen molar-refractivity contribution in [2.75, 3.05) is 6.54 Å². The minimum absolute atomic E-state index is 0.0374. The number of nitro groups is 2.